The molecule has 0 aliphatic carbocycles. The van der Waals surface area contributed by atoms with E-state index in [-0.39, 0.29) is 12.3 Å². The van der Waals surface area contributed by atoms with Crippen LogP contribution in [-0.2, 0) is 11.2 Å². The molecule has 0 atom stereocenters. The number of thiazole rings is 1. The zero-order valence-corrected chi connectivity index (χ0v) is 16.3. The van der Waals surface area contributed by atoms with Crippen LogP contribution < -0.4 is 14.8 Å². The Balaban J connectivity index is 1.74. The van der Waals surface area contributed by atoms with E-state index in [2.05, 4.69) is 10.3 Å². The number of nitrogens with zero attached hydrogens (tertiary/aromatic N) is 1. The van der Waals surface area contributed by atoms with Gasteiger partial charge >= 0.3 is 0 Å². The molecule has 0 saturated carbocycles. The summed E-state index contributed by atoms with van der Waals surface area (Å²) in [6.45, 7) is 1.80. The number of amides is 1. The second-order valence-electron chi connectivity index (χ2n) is 5.97. The van der Waals surface area contributed by atoms with E-state index in [9.17, 15) is 13.6 Å². The molecule has 5 nitrogen and oxygen atoms in total. The Hall–Kier alpha value is -3.00. The number of halogens is 2. The largest absolute Gasteiger partial charge is 0.493 e. The van der Waals surface area contributed by atoms with Gasteiger partial charge in [0.2, 0.25) is 5.91 Å². The lowest BCUT2D eigenvalue weighted by atomic mass is 10.1. The molecule has 0 saturated heterocycles. The van der Waals surface area contributed by atoms with Crippen molar-refractivity contribution in [2.45, 2.75) is 13.3 Å². The number of hydrogen-bond acceptors (Lipinski definition) is 5. The third-order valence-electron chi connectivity index (χ3n) is 4.05. The summed E-state index contributed by atoms with van der Waals surface area (Å²) in [5, 5.41) is 3.13. The molecule has 0 spiro atoms. The van der Waals surface area contributed by atoms with Crippen molar-refractivity contribution in [3.8, 4) is 22.8 Å². The smallest absolute Gasteiger partial charge is 0.230 e. The molecule has 1 aromatic heterocycles. The van der Waals surface area contributed by atoms with Gasteiger partial charge in [0.25, 0.3) is 0 Å². The van der Waals surface area contributed by atoms with Gasteiger partial charge in [0, 0.05) is 10.4 Å². The number of methoxy groups -OCH3 is 2. The zero-order valence-electron chi connectivity index (χ0n) is 15.5. The van der Waals surface area contributed by atoms with Crippen LogP contribution in [0.15, 0.2) is 36.4 Å². The summed E-state index contributed by atoms with van der Waals surface area (Å²) in [5.41, 5.74) is 1.71. The summed E-state index contributed by atoms with van der Waals surface area (Å²) < 4.78 is 37.0. The number of aryl methyl sites for hydroxylation is 1. The van der Waals surface area contributed by atoms with Gasteiger partial charge in [-0.15, -0.1) is 11.3 Å². The highest BCUT2D eigenvalue weighted by atomic mass is 32.1. The van der Waals surface area contributed by atoms with Gasteiger partial charge in [0.1, 0.15) is 0 Å². The third kappa shape index (κ3) is 4.28. The molecule has 8 heteroatoms. The van der Waals surface area contributed by atoms with Crippen molar-refractivity contribution in [3.05, 3.63) is 58.5 Å². The zero-order chi connectivity index (χ0) is 20.3. The van der Waals surface area contributed by atoms with Gasteiger partial charge in [-0.3, -0.25) is 4.79 Å². The molecule has 0 fully saturated rings. The van der Waals surface area contributed by atoms with E-state index in [0.717, 1.165) is 22.6 Å². The van der Waals surface area contributed by atoms with Gasteiger partial charge in [-0.05, 0) is 42.8 Å². The standard InChI is InChI=1S/C20H18F2N2O3S/c1-11-19(13-5-6-14(21)15(22)10-13)24-20(28-11)23-18(25)9-12-4-7-16(26-2)17(8-12)27-3/h4-8,10H,9H2,1-3H3,(H,23,24,25). The van der Waals surface area contributed by atoms with Gasteiger partial charge in [0.05, 0.1) is 26.3 Å². The number of benzene rings is 2. The van der Waals surface area contributed by atoms with Gasteiger partial charge in [-0.1, -0.05) is 6.07 Å². The normalized spacial score (nSPS) is 10.6. The number of nitrogens with one attached hydrogen (secondary N) is 1. The summed E-state index contributed by atoms with van der Waals surface area (Å²) in [7, 11) is 3.07. The van der Waals surface area contributed by atoms with Crippen molar-refractivity contribution in [1.82, 2.24) is 4.98 Å². The lowest BCUT2D eigenvalue weighted by molar-refractivity contribution is -0.115. The highest BCUT2D eigenvalue weighted by Crippen LogP contribution is 2.31. The van der Waals surface area contributed by atoms with Crippen LogP contribution in [0.1, 0.15) is 10.4 Å². The Bertz CT molecular complexity index is 1020. The minimum atomic E-state index is -0.941. The number of aromatic nitrogens is 1. The first-order valence-electron chi connectivity index (χ1n) is 8.35. The highest BCUT2D eigenvalue weighted by molar-refractivity contribution is 7.16. The predicted octanol–water partition coefficient (Wildman–Crippen LogP) is 4.60. The molecule has 3 rings (SSSR count). The lowest BCUT2D eigenvalue weighted by Gasteiger charge is -2.09. The fraction of sp³-hybridized carbons (Fsp3) is 0.200. The summed E-state index contributed by atoms with van der Waals surface area (Å²) in [4.78, 5) is 17.5. The minimum absolute atomic E-state index is 0.124. The molecular formula is C20H18F2N2O3S. The summed E-state index contributed by atoms with van der Waals surface area (Å²) >= 11 is 1.27. The molecule has 0 bridgehead atoms. The molecule has 2 aromatic carbocycles. The minimum Gasteiger partial charge on any atom is -0.493 e. The average Bonchev–Trinajstić information content (AvgIpc) is 3.03. The Morgan fingerprint density at radius 3 is 2.50 bits per heavy atom. The van der Waals surface area contributed by atoms with Gasteiger partial charge in [-0.2, -0.15) is 0 Å². The van der Waals surface area contributed by atoms with E-state index in [1.54, 1.807) is 32.2 Å². The first kappa shape index (κ1) is 19.8. The van der Waals surface area contributed by atoms with Crippen molar-refractivity contribution in [2.75, 3.05) is 19.5 Å². The number of hydrogen-bond donors (Lipinski definition) is 1. The Labute approximate surface area is 164 Å². The maximum Gasteiger partial charge on any atom is 0.230 e. The first-order valence-corrected chi connectivity index (χ1v) is 9.16. The van der Waals surface area contributed by atoms with E-state index in [4.69, 9.17) is 9.47 Å². The monoisotopic (exact) mass is 404 g/mol. The molecular weight excluding hydrogens is 386 g/mol. The number of carbonyl (C=O) groups excluding carboxylic acids is 1. The number of rotatable bonds is 6. The van der Waals surface area contributed by atoms with E-state index in [0.29, 0.717) is 27.9 Å². The lowest BCUT2D eigenvalue weighted by Crippen LogP contribution is -2.14. The number of ether oxygens (including phenoxy) is 2. The first-order chi connectivity index (χ1) is 13.4. The van der Waals surface area contributed by atoms with E-state index in [1.807, 2.05) is 0 Å². The van der Waals surface area contributed by atoms with Crippen molar-refractivity contribution in [2.24, 2.45) is 0 Å². The van der Waals surface area contributed by atoms with E-state index >= 15 is 0 Å². The molecule has 0 radical (unpaired) electrons. The maximum absolute atomic E-state index is 13.5. The van der Waals surface area contributed by atoms with Crippen molar-refractivity contribution >= 4 is 22.4 Å². The average molecular weight is 404 g/mol. The quantitative estimate of drug-likeness (QED) is 0.653. The van der Waals surface area contributed by atoms with Crippen molar-refractivity contribution < 1.29 is 23.0 Å². The molecule has 1 N–H and O–H groups in total. The molecule has 0 aliphatic heterocycles. The Kier molecular flexibility index (Phi) is 5.89. The van der Waals surface area contributed by atoms with Crippen LogP contribution >= 0.6 is 11.3 Å². The fourth-order valence-corrected chi connectivity index (χ4v) is 3.55. The predicted molar refractivity (Wildman–Crippen MR) is 104 cm³/mol. The summed E-state index contributed by atoms with van der Waals surface area (Å²) in [6, 6.07) is 8.84. The number of anilines is 1. The fourth-order valence-electron chi connectivity index (χ4n) is 2.70. The maximum atomic E-state index is 13.5. The van der Waals surface area contributed by atoms with Crippen LogP contribution in [0.2, 0.25) is 0 Å². The third-order valence-corrected chi connectivity index (χ3v) is 4.93. The molecule has 0 unspecified atom stereocenters. The van der Waals surface area contributed by atoms with Gasteiger partial charge < -0.3 is 14.8 Å². The second kappa shape index (κ2) is 8.35. The van der Waals surface area contributed by atoms with Gasteiger partial charge in [0.15, 0.2) is 28.3 Å². The Morgan fingerprint density at radius 2 is 1.82 bits per heavy atom. The topological polar surface area (TPSA) is 60.5 Å². The van der Waals surface area contributed by atoms with Crippen LogP contribution in [0.25, 0.3) is 11.3 Å². The van der Waals surface area contributed by atoms with Crippen LogP contribution in [-0.4, -0.2) is 25.1 Å². The molecule has 1 heterocycles. The van der Waals surface area contributed by atoms with E-state index < -0.39 is 11.6 Å². The van der Waals surface area contributed by atoms with Crippen LogP contribution in [0.5, 0.6) is 11.5 Å². The second-order valence-corrected chi connectivity index (χ2v) is 7.17. The molecule has 146 valence electrons. The van der Waals surface area contributed by atoms with E-state index in [1.165, 1.54) is 24.5 Å². The van der Waals surface area contributed by atoms with Crippen molar-refractivity contribution in [3.63, 3.8) is 0 Å². The van der Waals surface area contributed by atoms with Crippen molar-refractivity contribution in [1.29, 1.82) is 0 Å². The van der Waals surface area contributed by atoms with Crippen LogP contribution in [0.4, 0.5) is 13.9 Å². The molecule has 3 aromatic rings. The highest BCUT2D eigenvalue weighted by Gasteiger charge is 2.15. The van der Waals surface area contributed by atoms with Crippen LogP contribution in [0, 0.1) is 18.6 Å². The van der Waals surface area contributed by atoms with Crippen LogP contribution in [0.3, 0.4) is 0 Å². The molecule has 1 amide bonds. The summed E-state index contributed by atoms with van der Waals surface area (Å²) in [6.07, 6.45) is 0.124. The Morgan fingerprint density at radius 1 is 1.07 bits per heavy atom. The summed E-state index contributed by atoms with van der Waals surface area (Å²) in [5.74, 6) is -0.987. The molecule has 0 aliphatic rings. The van der Waals surface area contributed by atoms with Gasteiger partial charge in [-0.25, -0.2) is 13.8 Å². The SMILES string of the molecule is COc1ccc(CC(=O)Nc2nc(-c3ccc(F)c(F)c3)c(C)s2)cc1OC. The molecule has 28 heavy (non-hydrogen) atoms. The number of carbonyl (C=O) groups is 1.